The number of piperidine rings is 1. The third-order valence-electron chi connectivity index (χ3n) is 4.73. The molecule has 1 amide bonds. The molecule has 4 nitrogen and oxygen atoms in total. The van der Waals surface area contributed by atoms with Gasteiger partial charge in [-0.05, 0) is 45.2 Å². The number of hydrogen-bond acceptors (Lipinski definition) is 3. The lowest BCUT2D eigenvalue weighted by Gasteiger charge is -2.35. The van der Waals surface area contributed by atoms with Crippen molar-refractivity contribution in [1.29, 1.82) is 0 Å². The smallest absolute Gasteiger partial charge is 0.241 e. The lowest BCUT2D eigenvalue weighted by molar-refractivity contribution is -0.133. The van der Waals surface area contributed by atoms with Crippen molar-refractivity contribution in [3.63, 3.8) is 0 Å². The Hall–Kier alpha value is -0.610. The molecule has 3 atom stereocenters. The molecule has 2 fully saturated rings. The summed E-state index contributed by atoms with van der Waals surface area (Å²) in [6.07, 6.45) is 5.19. The van der Waals surface area contributed by atoms with E-state index in [-0.39, 0.29) is 12.2 Å². The summed E-state index contributed by atoms with van der Waals surface area (Å²) in [7, 11) is 0. The van der Waals surface area contributed by atoms with Gasteiger partial charge in [0.05, 0.1) is 12.2 Å². The van der Waals surface area contributed by atoms with Gasteiger partial charge in [-0.15, -0.1) is 0 Å². The van der Waals surface area contributed by atoms with Crippen LogP contribution in [0.25, 0.3) is 0 Å². The summed E-state index contributed by atoms with van der Waals surface area (Å²) in [6.45, 7) is 12.0. The maximum absolute atomic E-state index is 12.6. The maximum Gasteiger partial charge on any atom is 0.241 e. The van der Waals surface area contributed by atoms with Crippen LogP contribution in [0.5, 0.6) is 0 Å². The molecule has 0 aromatic carbocycles. The molecule has 0 radical (unpaired) electrons. The van der Waals surface area contributed by atoms with Gasteiger partial charge in [-0.2, -0.15) is 0 Å². The van der Waals surface area contributed by atoms with Crippen LogP contribution in [0.2, 0.25) is 0 Å². The zero-order chi connectivity index (χ0) is 14.7. The predicted molar refractivity (Wildman–Crippen MR) is 82.4 cm³/mol. The van der Waals surface area contributed by atoms with E-state index in [0.717, 1.165) is 13.0 Å². The Kier molecular flexibility index (Phi) is 5.44. The van der Waals surface area contributed by atoms with Gasteiger partial charge >= 0.3 is 0 Å². The molecule has 2 aliphatic rings. The Labute approximate surface area is 123 Å². The van der Waals surface area contributed by atoms with Crippen molar-refractivity contribution in [3.05, 3.63) is 0 Å². The summed E-state index contributed by atoms with van der Waals surface area (Å²) in [5.74, 6) is 0.667. The normalized spacial score (nSPS) is 30.2. The molecular formula is C16H31N3O. The third kappa shape index (κ3) is 3.34. The number of rotatable bonds is 5. The van der Waals surface area contributed by atoms with Crippen LogP contribution < -0.4 is 5.32 Å². The van der Waals surface area contributed by atoms with Crippen molar-refractivity contribution in [2.75, 3.05) is 19.6 Å². The van der Waals surface area contributed by atoms with Crippen molar-refractivity contribution >= 4 is 5.91 Å². The summed E-state index contributed by atoms with van der Waals surface area (Å²) < 4.78 is 0. The van der Waals surface area contributed by atoms with Crippen LogP contribution in [-0.2, 0) is 4.79 Å². The van der Waals surface area contributed by atoms with E-state index >= 15 is 0 Å². The minimum atomic E-state index is 0.00348. The number of carbonyl (C=O) groups excluding carboxylic acids is 1. The average molecular weight is 281 g/mol. The third-order valence-corrected chi connectivity index (χ3v) is 4.73. The minimum Gasteiger partial charge on any atom is -0.322 e. The standard InChI is InChI=1S/C16H31N3O/c1-5-14-17-15(12(2)3)16(20)19(14)13(4)11-18-9-7-6-8-10-18/h12-15,17H,5-11H2,1-4H3. The molecule has 0 aromatic heterocycles. The monoisotopic (exact) mass is 281 g/mol. The fourth-order valence-corrected chi connectivity index (χ4v) is 3.59. The fraction of sp³-hybridized carbons (Fsp3) is 0.938. The van der Waals surface area contributed by atoms with Crippen LogP contribution in [0.3, 0.4) is 0 Å². The highest BCUT2D eigenvalue weighted by Crippen LogP contribution is 2.22. The zero-order valence-electron chi connectivity index (χ0n) is 13.6. The number of carbonyl (C=O) groups is 1. The second-order valence-corrected chi connectivity index (χ2v) is 6.77. The molecule has 1 N–H and O–H groups in total. The van der Waals surface area contributed by atoms with Gasteiger partial charge in [0.15, 0.2) is 0 Å². The van der Waals surface area contributed by atoms with E-state index < -0.39 is 0 Å². The average Bonchev–Trinajstić information content (AvgIpc) is 2.77. The highest BCUT2D eigenvalue weighted by molar-refractivity contribution is 5.84. The fourth-order valence-electron chi connectivity index (χ4n) is 3.59. The molecule has 0 aliphatic carbocycles. The highest BCUT2D eigenvalue weighted by atomic mass is 16.2. The lowest BCUT2D eigenvalue weighted by atomic mass is 10.0. The van der Waals surface area contributed by atoms with Gasteiger partial charge in [0.2, 0.25) is 5.91 Å². The second-order valence-electron chi connectivity index (χ2n) is 6.77. The van der Waals surface area contributed by atoms with E-state index in [4.69, 9.17) is 0 Å². The highest BCUT2D eigenvalue weighted by Gasteiger charge is 2.41. The van der Waals surface area contributed by atoms with Gasteiger partial charge in [0.25, 0.3) is 0 Å². The largest absolute Gasteiger partial charge is 0.322 e. The van der Waals surface area contributed by atoms with Gasteiger partial charge < -0.3 is 9.80 Å². The first-order valence-electron chi connectivity index (χ1n) is 8.35. The molecular weight excluding hydrogens is 250 g/mol. The Morgan fingerprint density at radius 1 is 1.20 bits per heavy atom. The summed E-state index contributed by atoms with van der Waals surface area (Å²) in [5.41, 5.74) is 0. The molecule has 2 saturated heterocycles. The number of hydrogen-bond donors (Lipinski definition) is 1. The maximum atomic E-state index is 12.6. The van der Waals surface area contributed by atoms with E-state index in [1.165, 1.54) is 32.4 Å². The lowest BCUT2D eigenvalue weighted by Crippen LogP contribution is -2.49. The van der Waals surface area contributed by atoms with E-state index in [0.29, 0.717) is 17.9 Å². The molecule has 2 aliphatic heterocycles. The topological polar surface area (TPSA) is 35.6 Å². The number of amides is 1. The van der Waals surface area contributed by atoms with E-state index in [9.17, 15) is 4.79 Å². The number of nitrogens with zero attached hydrogens (tertiary/aromatic N) is 2. The summed E-state index contributed by atoms with van der Waals surface area (Å²) in [5, 5.41) is 3.52. The van der Waals surface area contributed by atoms with Crippen LogP contribution in [0, 0.1) is 5.92 Å². The van der Waals surface area contributed by atoms with Crippen LogP contribution in [0.1, 0.15) is 53.4 Å². The van der Waals surface area contributed by atoms with Gasteiger partial charge in [-0.1, -0.05) is 27.2 Å². The summed E-state index contributed by atoms with van der Waals surface area (Å²) >= 11 is 0. The van der Waals surface area contributed by atoms with Crippen LogP contribution in [0.15, 0.2) is 0 Å². The van der Waals surface area contributed by atoms with Crippen molar-refractivity contribution in [2.45, 2.75) is 71.6 Å². The number of likely N-dealkylation sites (tertiary alicyclic amines) is 1. The summed E-state index contributed by atoms with van der Waals surface area (Å²) in [4.78, 5) is 17.3. The molecule has 3 unspecified atom stereocenters. The Balaban J connectivity index is 1.99. The molecule has 0 saturated carbocycles. The molecule has 2 rings (SSSR count). The first kappa shape index (κ1) is 15.8. The van der Waals surface area contributed by atoms with E-state index in [2.05, 4.69) is 42.8 Å². The van der Waals surface area contributed by atoms with Crippen molar-refractivity contribution in [3.8, 4) is 0 Å². The Bertz CT molecular complexity index is 326. The van der Waals surface area contributed by atoms with Crippen molar-refractivity contribution < 1.29 is 4.79 Å². The SMILES string of the molecule is CCC1NC(C(C)C)C(=O)N1C(C)CN1CCCCC1. The molecule has 2 heterocycles. The van der Waals surface area contributed by atoms with E-state index in [1.54, 1.807) is 0 Å². The van der Waals surface area contributed by atoms with Gasteiger partial charge in [-0.3, -0.25) is 10.1 Å². The molecule has 0 aromatic rings. The van der Waals surface area contributed by atoms with Crippen molar-refractivity contribution in [2.24, 2.45) is 5.92 Å². The van der Waals surface area contributed by atoms with E-state index in [1.807, 2.05) is 0 Å². The van der Waals surface area contributed by atoms with Crippen LogP contribution in [0.4, 0.5) is 0 Å². The van der Waals surface area contributed by atoms with Gasteiger partial charge in [0, 0.05) is 12.6 Å². The zero-order valence-corrected chi connectivity index (χ0v) is 13.6. The Morgan fingerprint density at radius 3 is 2.40 bits per heavy atom. The van der Waals surface area contributed by atoms with Gasteiger partial charge in [-0.25, -0.2) is 0 Å². The Morgan fingerprint density at radius 2 is 1.85 bits per heavy atom. The number of nitrogens with one attached hydrogen (secondary N) is 1. The van der Waals surface area contributed by atoms with Crippen LogP contribution in [-0.4, -0.2) is 53.6 Å². The molecule has 20 heavy (non-hydrogen) atoms. The second kappa shape index (κ2) is 6.90. The quantitative estimate of drug-likeness (QED) is 0.838. The first-order valence-corrected chi connectivity index (χ1v) is 8.35. The minimum absolute atomic E-state index is 0.00348. The van der Waals surface area contributed by atoms with Crippen molar-refractivity contribution in [1.82, 2.24) is 15.1 Å². The van der Waals surface area contributed by atoms with Gasteiger partial charge in [0.1, 0.15) is 0 Å². The first-order chi connectivity index (χ1) is 9.54. The molecule has 0 bridgehead atoms. The summed E-state index contributed by atoms with van der Waals surface area (Å²) in [6, 6.07) is 0.311. The molecule has 4 heteroatoms. The molecule has 0 spiro atoms. The predicted octanol–water partition coefficient (Wildman–Crippen LogP) is 2.05. The van der Waals surface area contributed by atoms with Crippen LogP contribution >= 0.6 is 0 Å². The molecule has 116 valence electrons.